The van der Waals surface area contributed by atoms with Crippen molar-refractivity contribution in [1.29, 1.82) is 5.26 Å². The minimum Gasteiger partial charge on any atom is -0.300 e. The van der Waals surface area contributed by atoms with Crippen molar-refractivity contribution in [2.45, 2.75) is 123 Å². The number of likely N-dealkylation sites (tertiary alicyclic amines) is 1. The Kier molecular flexibility index (Phi) is 10.1. The third kappa shape index (κ3) is 6.88. The molecule has 1 aliphatic carbocycles. The summed E-state index contributed by atoms with van der Waals surface area (Å²) in [5.41, 5.74) is 0.0164. The summed E-state index contributed by atoms with van der Waals surface area (Å²) in [6.07, 6.45) is 21.2. The zero-order chi connectivity index (χ0) is 18.7. The molecule has 2 heteroatoms. The second kappa shape index (κ2) is 12.0. The summed E-state index contributed by atoms with van der Waals surface area (Å²) in [6, 6.07) is 3.50. The number of nitriles is 1. The molecule has 2 fully saturated rings. The molecule has 0 radical (unpaired) electrons. The molecule has 0 atom stereocenters. The van der Waals surface area contributed by atoms with Gasteiger partial charge in [-0.1, -0.05) is 71.6 Å². The highest BCUT2D eigenvalue weighted by atomic mass is 15.2. The molecule has 0 aromatic carbocycles. The van der Waals surface area contributed by atoms with Gasteiger partial charge in [-0.3, -0.25) is 0 Å². The van der Waals surface area contributed by atoms with Crippen LogP contribution in [0.4, 0.5) is 0 Å². The summed E-state index contributed by atoms with van der Waals surface area (Å²) < 4.78 is 0. The molecule has 1 saturated heterocycles. The predicted octanol–water partition coefficient (Wildman–Crippen LogP) is 7.09. The highest BCUT2D eigenvalue weighted by Gasteiger charge is 2.37. The van der Waals surface area contributed by atoms with Gasteiger partial charge in [-0.15, -0.1) is 0 Å². The van der Waals surface area contributed by atoms with Crippen LogP contribution in [-0.2, 0) is 0 Å². The molecule has 2 nitrogen and oxygen atoms in total. The Hall–Kier alpha value is -0.550. The van der Waals surface area contributed by atoms with Crippen molar-refractivity contribution in [1.82, 2.24) is 4.90 Å². The predicted molar refractivity (Wildman–Crippen MR) is 112 cm³/mol. The second-order valence-electron chi connectivity index (χ2n) is 9.26. The van der Waals surface area contributed by atoms with Gasteiger partial charge in [0.25, 0.3) is 0 Å². The Morgan fingerprint density at radius 3 is 2.08 bits per heavy atom. The summed E-state index contributed by atoms with van der Waals surface area (Å²) >= 11 is 0. The van der Waals surface area contributed by atoms with E-state index in [1.54, 1.807) is 0 Å². The lowest BCUT2D eigenvalue weighted by atomic mass is 9.70. The molecule has 2 aliphatic rings. The van der Waals surface area contributed by atoms with Crippen LogP contribution in [0.1, 0.15) is 117 Å². The Morgan fingerprint density at radius 1 is 0.846 bits per heavy atom. The van der Waals surface area contributed by atoms with Gasteiger partial charge in [0.2, 0.25) is 0 Å². The molecule has 26 heavy (non-hydrogen) atoms. The highest BCUT2D eigenvalue weighted by Crippen LogP contribution is 2.42. The fourth-order valence-corrected chi connectivity index (χ4v) is 5.29. The summed E-state index contributed by atoms with van der Waals surface area (Å²) in [6.45, 7) is 7.19. The maximum atomic E-state index is 9.74. The van der Waals surface area contributed by atoms with Crippen LogP contribution in [0.15, 0.2) is 0 Å². The Morgan fingerprint density at radius 2 is 1.46 bits per heavy atom. The highest BCUT2D eigenvalue weighted by molar-refractivity contribution is 5.03. The van der Waals surface area contributed by atoms with Crippen molar-refractivity contribution in [2.24, 2.45) is 11.3 Å². The average Bonchev–Trinajstić information content (AvgIpc) is 2.69. The van der Waals surface area contributed by atoms with E-state index in [0.717, 1.165) is 31.2 Å². The van der Waals surface area contributed by atoms with Crippen LogP contribution in [0.2, 0.25) is 0 Å². The molecule has 0 aromatic rings. The molecular weight excluding hydrogens is 316 g/mol. The zero-order valence-electron chi connectivity index (χ0n) is 17.8. The van der Waals surface area contributed by atoms with Crippen LogP contribution < -0.4 is 0 Å². The zero-order valence-corrected chi connectivity index (χ0v) is 17.8. The lowest BCUT2D eigenvalue weighted by Crippen LogP contribution is -2.44. The smallest absolute Gasteiger partial charge is 0.0689 e. The SMILES string of the molecule is CCCCCCCC1CCN(C2CCC(C#N)(CCCCC)CC2)CC1. The third-order valence-electron chi connectivity index (χ3n) is 7.29. The van der Waals surface area contributed by atoms with Gasteiger partial charge in [0, 0.05) is 6.04 Å². The van der Waals surface area contributed by atoms with Gasteiger partial charge >= 0.3 is 0 Å². The van der Waals surface area contributed by atoms with E-state index in [0.29, 0.717) is 0 Å². The monoisotopic (exact) mass is 360 g/mol. The Balaban J connectivity index is 1.64. The van der Waals surface area contributed by atoms with Crippen LogP contribution >= 0.6 is 0 Å². The molecule has 150 valence electrons. The largest absolute Gasteiger partial charge is 0.300 e. The summed E-state index contributed by atoms with van der Waals surface area (Å²) in [4.78, 5) is 2.78. The first kappa shape index (κ1) is 21.7. The molecule has 0 spiro atoms. The van der Waals surface area contributed by atoms with Gasteiger partial charge in [0.15, 0.2) is 0 Å². The Bertz CT molecular complexity index is 395. The van der Waals surface area contributed by atoms with Crippen LogP contribution in [0.3, 0.4) is 0 Å². The average molecular weight is 361 g/mol. The van der Waals surface area contributed by atoms with Crippen molar-refractivity contribution >= 4 is 0 Å². The van der Waals surface area contributed by atoms with Crippen molar-refractivity contribution in [3.63, 3.8) is 0 Å². The normalized spacial score (nSPS) is 28.1. The van der Waals surface area contributed by atoms with Crippen molar-refractivity contribution in [3.8, 4) is 6.07 Å². The standard InChI is InChI=1S/C24H44N2/c1-3-5-7-8-9-11-22-14-19-26(20-15-22)23-12-17-24(21-25,18-13-23)16-10-6-4-2/h22-23H,3-20H2,1-2H3. The quantitative estimate of drug-likeness (QED) is 0.368. The van der Waals surface area contributed by atoms with Gasteiger partial charge in [-0.05, 0) is 64.0 Å². The fraction of sp³-hybridized carbons (Fsp3) is 0.958. The molecule has 0 N–H and O–H groups in total. The van der Waals surface area contributed by atoms with Crippen LogP contribution in [0, 0.1) is 22.7 Å². The van der Waals surface area contributed by atoms with Crippen molar-refractivity contribution < 1.29 is 0 Å². The van der Waals surface area contributed by atoms with E-state index in [4.69, 9.17) is 0 Å². The molecule has 1 aliphatic heterocycles. The second-order valence-corrected chi connectivity index (χ2v) is 9.26. The first-order valence-electron chi connectivity index (χ1n) is 11.9. The van der Waals surface area contributed by atoms with Crippen molar-refractivity contribution in [3.05, 3.63) is 0 Å². The maximum Gasteiger partial charge on any atom is 0.0689 e. The van der Waals surface area contributed by atoms with E-state index in [1.165, 1.54) is 96.6 Å². The minimum atomic E-state index is 0.0164. The lowest BCUT2D eigenvalue weighted by molar-refractivity contribution is 0.0754. The number of hydrogen-bond donors (Lipinski definition) is 0. The lowest BCUT2D eigenvalue weighted by Gasteiger charge is -2.43. The molecule has 0 bridgehead atoms. The van der Waals surface area contributed by atoms with E-state index in [9.17, 15) is 5.26 Å². The molecule has 1 heterocycles. The van der Waals surface area contributed by atoms with Gasteiger partial charge < -0.3 is 4.90 Å². The third-order valence-corrected chi connectivity index (χ3v) is 7.29. The first-order valence-corrected chi connectivity index (χ1v) is 11.9. The van der Waals surface area contributed by atoms with Gasteiger partial charge in [-0.2, -0.15) is 5.26 Å². The van der Waals surface area contributed by atoms with Crippen LogP contribution in [-0.4, -0.2) is 24.0 Å². The maximum absolute atomic E-state index is 9.74. The molecule has 2 rings (SSSR count). The molecule has 0 amide bonds. The summed E-state index contributed by atoms with van der Waals surface area (Å²) in [5.74, 6) is 0.990. The topological polar surface area (TPSA) is 27.0 Å². The number of hydrogen-bond acceptors (Lipinski definition) is 2. The Labute approximate surface area is 163 Å². The molecular formula is C24H44N2. The fourth-order valence-electron chi connectivity index (χ4n) is 5.29. The van der Waals surface area contributed by atoms with Crippen LogP contribution in [0.5, 0.6) is 0 Å². The van der Waals surface area contributed by atoms with E-state index in [1.807, 2.05) is 0 Å². The summed E-state index contributed by atoms with van der Waals surface area (Å²) in [5, 5.41) is 9.74. The van der Waals surface area contributed by atoms with E-state index < -0.39 is 0 Å². The van der Waals surface area contributed by atoms with Gasteiger partial charge in [0.05, 0.1) is 11.5 Å². The van der Waals surface area contributed by atoms with E-state index >= 15 is 0 Å². The van der Waals surface area contributed by atoms with Gasteiger partial charge in [0.1, 0.15) is 0 Å². The van der Waals surface area contributed by atoms with Crippen molar-refractivity contribution in [2.75, 3.05) is 13.1 Å². The first-order chi connectivity index (χ1) is 12.7. The number of unbranched alkanes of at least 4 members (excludes halogenated alkanes) is 6. The number of piperidine rings is 1. The van der Waals surface area contributed by atoms with Gasteiger partial charge in [-0.25, -0.2) is 0 Å². The molecule has 1 saturated carbocycles. The molecule has 0 unspecified atom stereocenters. The molecule has 0 aromatic heterocycles. The minimum absolute atomic E-state index is 0.0164. The van der Waals surface area contributed by atoms with Crippen LogP contribution in [0.25, 0.3) is 0 Å². The van der Waals surface area contributed by atoms with E-state index in [2.05, 4.69) is 24.8 Å². The summed E-state index contributed by atoms with van der Waals surface area (Å²) in [7, 11) is 0. The number of nitrogens with zero attached hydrogens (tertiary/aromatic N) is 2. The van der Waals surface area contributed by atoms with E-state index in [-0.39, 0.29) is 5.41 Å². The number of rotatable bonds is 11.